The average molecular weight is 654 g/mol. The van der Waals surface area contributed by atoms with E-state index in [9.17, 15) is 0 Å². The van der Waals surface area contributed by atoms with Crippen molar-refractivity contribution in [3.05, 3.63) is 185 Å². The van der Waals surface area contributed by atoms with Crippen molar-refractivity contribution >= 4 is 22.4 Å². The fourth-order valence-electron chi connectivity index (χ4n) is 8.91. The van der Waals surface area contributed by atoms with Crippen molar-refractivity contribution in [2.75, 3.05) is 0 Å². The molecule has 1 aromatic heterocycles. The van der Waals surface area contributed by atoms with Gasteiger partial charge in [0, 0.05) is 27.8 Å². The van der Waals surface area contributed by atoms with Crippen LogP contribution in [0.3, 0.4) is 0 Å². The molecule has 6 aromatic carbocycles. The SMILES string of the molecule is C1=CC2=C(CC1)c1ccccc1C21c2ccccc2Oc2ccc(-c3nc(-c4ccccc4)nc(-c4cc5c6c(cccc6c4)CC=C5)n3)cc21. The molecule has 240 valence electrons. The Morgan fingerprint density at radius 3 is 2.22 bits per heavy atom. The molecule has 3 aliphatic carbocycles. The highest BCUT2D eigenvalue weighted by Gasteiger charge is 2.51. The molecule has 0 radical (unpaired) electrons. The number of nitrogens with zero attached hydrogens (tertiary/aromatic N) is 3. The summed E-state index contributed by atoms with van der Waals surface area (Å²) in [6, 6.07) is 45.1. The number of rotatable bonds is 3. The quantitative estimate of drug-likeness (QED) is 0.190. The first-order chi connectivity index (χ1) is 25.3. The number of allylic oxidation sites excluding steroid dienone is 5. The number of ether oxygens (including phenoxy) is 1. The van der Waals surface area contributed by atoms with Gasteiger partial charge in [-0.1, -0.05) is 115 Å². The molecule has 0 N–H and O–H groups in total. The van der Waals surface area contributed by atoms with E-state index in [0.717, 1.165) is 58.6 Å². The maximum Gasteiger partial charge on any atom is 0.164 e. The summed E-state index contributed by atoms with van der Waals surface area (Å²) in [7, 11) is 0. The minimum atomic E-state index is -0.522. The van der Waals surface area contributed by atoms with Crippen LogP contribution >= 0.6 is 0 Å². The van der Waals surface area contributed by atoms with Crippen molar-refractivity contribution in [3.63, 3.8) is 0 Å². The van der Waals surface area contributed by atoms with Crippen LogP contribution in [0.5, 0.6) is 11.5 Å². The fraction of sp³-hybridized carbons (Fsp3) is 0.0851. The second kappa shape index (κ2) is 10.8. The van der Waals surface area contributed by atoms with Gasteiger partial charge in [0.15, 0.2) is 17.5 Å². The minimum absolute atomic E-state index is 0.522. The van der Waals surface area contributed by atoms with E-state index in [-0.39, 0.29) is 0 Å². The minimum Gasteiger partial charge on any atom is -0.457 e. The van der Waals surface area contributed by atoms with Crippen LogP contribution in [0.4, 0.5) is 0 Å². The molecular weight excluding hydrogens is 623 g/mol. The lowest BCUT2D eigenvalue weighted by Gasteiger charge is -2.40. The molecule has 2 heterocycles. The van der Waals surface area contributed by atoms with Crippen LogP contribution in [0.25, 0.3) is 56.6 Å². The molecule has 0 bridgehead atoms. The Morgan fingerprint density at radius 2 is 1.31 bits per heavy atom. The van der Waals surface area contributed by atoms with Gasteiger partial charge >= 0.3 is 0 Å². The van der Waals surface area contributed by atoms with E-state index in [1.54, 1.807) is 0 Å². The van der Waals surface area contributed by atoms with Crippen molar-refractivity contribution in [1.82, 2.24) is 15.0 Å². The average Bonchev–Trinajstić information content (AvgIpc) is 3.49. The van der Waals surface area contributed by atoms with Gasteiger partial charge in [-0.2, -0.15) is 0 Å². The molecule has 0 fully saturated rings. The lowest BCUT2D eigenvalue weighted by atomic mass is 9.64. The molecule has 4 heteroatoms. The van der Waals surface area contributed by atoms with Gasteiger partial charge in [-0.3, -0.25) is 0 Å². The van der Waals surface area contributed by atoms with Crippen LogP contribution < -0.4 is 4.74 Å². The molecule has 1 atom stereocenters. The number of hydrogen-bond donors (Lipinski definition) is 0. The zero-order valence-corrected chi connectivity index (χ0v) is 27.8. The molecule has 11 rings (SSSR count). The predicted molar refractivity (Wildman–Crippen MR) is 205 cm³/mol. The maximum absolute atomic E-state index is 6.71. The molecule has 4 nitrogen and oxygen atoms in total. The zero-order chi connectivity index (χ0) is 33.5. The van der Waals surface area contributed by atoms with Crippen LogP contribution in [0.15, 0.2) is 151 Å². The number of fused-ring (bicyclic) bond motifs is 8. The summed E-state index contributed by atoms with van der Waals surface area (Å²) in [4.78, 5) is 15.5. The predicted octanol–water partition coefficient (Wildman–Crippen LogP) is 11.2. The first-order valence-corrected chi connectivity index (χ1v) is 17.7. The van der Waals surface area contributed by atoms with Crippen LogP contribution in [0, 0.1) is 0 Å². The van der Waals surface area contributed by atoms with Crippen LogP contribution in [-0.4, -0.2) is 15.0 Å². The second-order valence-electron chi connectivity index (χ2n) is 13.8. The van der Waals surface area contributed by atoms with Gasteiger partial charge in [-0.15, -0.1) is 0 Å². The van der Waals surface area contributed by atoms with E-state index < -0.39 is 5.41 Å². The standard InChI is InChI=1S/C47H31N3O/c1-2-12-30(13-3-1)44-48-45(50-46(49-44)34-26-31-16-10-14-29-15-11-17-32(27-34)43(29)31)33-24-25-42-40(28-33)47(39-22-8-9-23-41(39)51-42)37-20-6-4-18-35(37)36-19-5-7-21-38(36)47/h1-4,6-14,16-18,20-28H,5,15,19H2. The molecule has 0 saturated carbocycles. The van der Waals surface area contributed by atoms with Gasteiger partial charge in [0.1, 0.15) is 11.5 Å². The van der Waals surface area contributed by atoms with Crippen molar-refractivity contribution < 1.29 is 4.74 Å². The lowest BCUT2D eigenvalue weighted by Crippen LogP contribution is -2.33. The molecule has 51 heavy (non-hydrogen) atoms. The Labute approximate surface area is 296 Å². The van der Waals surface area contributed by atoms with Crippen molar-refractivity contribution in [2.45, 2.75) is 24.7 Å². The van der Waals surface area contributed by atoms with Gasteiger partial charge in [0.2, 0.25) is 0 Å². The molecule has 0 saturated heterocycles. The number of aromatic nitrogens is 3. The highest BCUT2D eigenvalue weighted by Crippen LogP contribution is 2.62. The second-order valence-corrected chi connectivity index (χ2v) is 13.8. The van der Waals surface area contributed by atoms with E-state index in [1.165, 1.54) is 44.2 Å². The van der Waals surface area contributed by atoms with Gasteiger partial charge in [-0.05, 0) is 99.8 Å². The topological polar surface area (TPSA) is 47.9 Å². The van der Waals surface area contributed by atoms with Crippen molar-refractivity contribution in [3.8, 4) is 45.7 Å². The Kier molecular flexibility index (Phi) is 6.03. The lowest BCUT2D eigenvalue weighted by molar-refractivity contribution is 0.435. The van der Waals surface area contributed by atoms with Crippen LogP contribution in [-0.2, 0) is 11.8 Å². The molecule has 1 aliphatic heterocycles. The van der Waals surface area contributed by atoms with Crippen LogP contribution in [0.2, 0.25) is 0 Å². The van der Waals surface area contributed by atoms with Gasteiger partial charge in [0.25, 0.3) is 0 Å². The summed E-state index contributed by atoms with van der Waals surface area (Å²) in [5, 5.41) is 2.51. The molecule has 0 amide bonds. The van der Waals surface area contributed by atoms with Crippen molar-refractivity contribution in [2.24, 2.45) is 0 Å². The van der Waals surface area contributed by atoms with Crippen LogP contribution in [0.1, 0.15) is 46.2 Å². The number of benzene rings is 6. The monoisotopic (exact) mass is 653 g/mol. The molecule has 1 unspecified atom stereocenters. The van der Waals surface area contributed by atoms with Gasteiger partial charge in [0.05, 0.1) is 5.41 Å². The Balaban J connectivity index is 1.16. The molecule has 7 aromatic rings. The first-order valence-electron chi connectivity index (χ1n) is 17.7. The summed E-state index contributed by atoms with van der Waals surface area (Å²) >= 11 is 0. The normalized spacial score (nSPS) is 17.6. The smallest absolute Gasteiger partial charge is 0.164 e. The molecule has 1 spiro atoms. The molecular formula is C47H31N3O. The number of hydrogen-bond acceptors (Lipinski definition) is 4. The number of para-hydroxylation sites is 1. The highest BCUT2D eigenvalue weighted by atomic mass is 16.5. The third-order valence-electron chi connectivity index (χ3n) is 11.0. The summed E-state index contributed by atoms with van der Waals surface area (Å²) in [6.07, 6.45) is 12.2. The van der Waals surface area contributed by atoms with E-state index in [1.807, 2.05) is 18.2 Å². The third kappa shape index (κ3) is 4.11. The first kappa shape index (κ1) is 28.4. The summed E-state index contributed by atoms with van der Waals surface area (Å²) in [5.74, 6) is 3.68. The molecule has 4 aliphatic rings. The van der Waals surface area contributed by atoms with E-state index in [0.29, 0.717) is 17.5 Å². The van der Waals surface area contributed by atoms with Crippen molar-refractivity contribution in [1.29, 1.82) is 0 Å². The summed E-state index contributed by atoms with van der Waals surface area (Å²) < 4.78 is 6.71. The Bertz CT molecular complexity index is 2700. The fourth-order valence-corrected chi connectivity index (χ4v) is 8.91. The summed E-state index contributed by atoms with van der Waals surface area (Å²) in [6.45, 7) is 0. The summed E-state index contributed by atoms with van der Waals surface area (Å²) in [5.41, 5.74) is 12.5. The van der Waals surface area contributed by atoms with Gasteiger partial charge in [-0.25, -0.2) is 15.0 Å². The van der Waals surface area contributed by atoms with E-state index >= 15 is 0 Å². The van der Waals surface area contributed by atoms with E-state index in [4.69, 9.17) is 19.7 Å². The largest absolute Gasteiger partial charge is 0.457 e. The zero-order valence-electron chi connectivity index (χ0n) is 27.8. The third-order valence-corrected chi connectivity index (χ3v) is 11.0. The highest BCUT2D eigenvalue weighted by molar-refractivity contribution is 5.98. The Morgan fingerprint density at radius 1 is 0.549 bits per heavy atom. The van der Waals surface area contributed by atoms with Gasteiger partial charge < -0.3 is 4.74 Å². The van der Waals surface area contributed by atoms with E-state index in [2.05, 4.69) is 133 Å². The Hall–Kier alpha value is -6.39. The maximum atomic E-state index is 6.71.